The monoisotopic (exact) mass is 495 g/mol. The number of benzene rings is 2. The van der Waals surface area contributed by atoms with Gasteiger partial charge in [0.2, 0.25) is 0 Å². The van der Waals surface area contributed by atoms with Gasteiger partial charge in [0.05, 0.1) is 13.2 Å². The molecular weight excluding hydrogens is 465 g/mol. The molecule has 5 nitrogen and oxygen atoms in total. The number of thiocarbonyl (C=S) groups is 1. The lowest BCUT2D eigenvalue weighted by atomic mass is 10.1. The summed E-state index contributed by atoms with van der Waals surface area (Å²) in [5.74, 6) is 1.58. The Morgan fingerprint density at radius 1 is 0.969 bits per heavy atom. The number of rotatable bonds is 9. The molecule has 0 aromatic heterocycles. The predicted octanol–water partition coefficient (Wildman–Crippen LogP) is 5.03. The number of halogens is 2. The molecular formula is C24H31Cl2N3O2S. The second-order valence-electron chi connectivity index (χ2n) is 7.59. The number of piperazine rings is 1. The minimum atomic E-state index is 0.612. The van der Waals surface area contributed by atoms with Gasteiger partial charge in [0.15, 0.2) is 16.6 Å². The summed E-state index contributed by atoms with van der Waals surface area (Å²) in [7, 11) is 0. The summed E-state index contributed by atoms with van der Waals surface area (Å²) >= 11 is 18.3. The van der Waals surface area contributed by atoms with Crippen LogP contribution >= 0.6 is 35.4 Å². The fourth-order valence-corrected chi connectivity index (χ4v) is 4.49. The van der Waals surface area contributed by atoms with E-state index in [0.29, 0.717) is 13.2 Å². The molecule has 2 aromatic carbocycles. The first-order valence-electron chi connectivity index (χ1n) is 11.1. The molecule has 1 aliphatic rings. The van der Waals surface area contributed by atoms with E-state index in [4.69, 9.17) is 44.9 Å². The Morgan fingerprint density at radius 3 is 2.28 bits per heavy atom. The van der Waals surface area contributed by atoms with E-state index in [1.807, 2.05) is 38.1 Å². The lowest BCUT2D eigenvalue weighted by molar-refractivity contribution is 0.174. The standard InChI is InChI=1S/C24H31Cl2N3O2S/c1-3-30-22-9-8-18(16-23(22)31-4-2)10-11-27-24(32)29-14-12-28(13-15-29)17-19-20(25)6-5-7-21(19)26/h5-9,16H,3-4,10-15,17H2,1-2H3,(H,27,32). The van der Waals surface area contributed by atoms with E-state index in [9.17, 15) is 0 Å². The quantitative estimate of drug-likeness (QED) is 0.491. The second-order valence-corrected chi connectivity index (χ2v) is 8.79. The maximum absolute atomic E-state index is 6.32. The molecule has 1 heterocycles. The van der Waals surface area contributed by atoms with E-state index in [2.05, 4.69) is 27.2 Å². The Morgan fingerprint density at radius 2 is 1.62 bits per heavy atom. The smallest absolute Gasteiger partial charge is 0.169 e. The Labute approximate surface area is 206 Å². The first-order chi connectivity index (χ1) is 15.5. The zero-order valence-electron chi connectivity index (χ0n) is 18.7. The van der Waals surface area contributed by atoms with Crippen molar-refractivity contribution in [2.45, 2.75) is 26.8 Å². The van der Waals surface area contributed by atoms with Crippen molar-refractivity contribution in [1.82, 2.24) is 15.1 Å². The van der Waals surface area contributed by atoms with Gasteiger partial charge in [-0.05, 0) is 62.3 Å². The fraction of sp³-hybridized carbons (Fsp3) is 0.458. The lowest BCUT2D eigenvalue weighted by Gasteiger charge is -2.36. The van der Waals surface area contributed by atoms with Crippen LogP contribution in [0.1, 0.15) is 25.0 Å². The van der Waals surface area contributed by atoms with Gasteiger partial charge in [-0.2, -0.15) is 0 Å². The number of ether oxygens (including phenoxy) is 2. The fourth-order valence-electron chi connectivity index (χ4n) is 3.69. The SMILES string of the molecule is CCOc1ccc(CCNC(=S)N2CCN(Cc3c(Cl)cccc3Cl)CC2)cc1OCC. The lowest BCUT2D eigenvalue weighted by Crippen LogP contribution is -2.51. The summed E-state index contributed by atoms with van der Waals surface area (Å²) < 4.78 is 11.4. The van der Waals surface area contributed by atoms with Gasteiger partial charge >= 0.3 is 0 Å². The van der Waals surface area contributed by atoms with Crippen LogP contribution < -0.4 is 14.8 Å². The van der Waals surface area contributed by atoms with E-state index in [-0.39, 0.29) is 0 Å². The molecule has 8 heteroatoms. The highest BCUT2D eigenvalue weighted by atomic mass is 35.5. The van der Waals surface area contributed by atoms with Gasteiger partial charge in [0.1, 0.15) is 0 Å². The second kappa shape index (κ2) is 12.5. The van der Waals surface area contributed by atoms with Crippen LogP contribution in [0, 0.1) is 0 Å². The molecule has 1 N–H and O–H groups in total. The van der Waals surface area contributed by atoms with Crippen LogP contribution in [0.3, 0.4) is 0 Å². The van der Waals surface area contributed by atoms with Crippen LogP contribution in [0.4, 0.5) is 0 Å². The highest BCUT2D eigenvalue weighted by Gasteiger charge is 2.20. The van der Waals surface area contributed by atoms with Crippen LogP contribution in [0.25, 0.3) is 0 Å². The van der Waals surface area contributed by atoms with Crippen molar-refractivity contribution in [2.75, 3.05) is 45.9 Å². The van der Waals surface area contributed by atoms with Crippen molar-refractivity contribution in [3.63, 3.8) is 0 Å². The van der Waals surface area contributed by atoms with Gasteiger partial charge in [0.25, 0.3) is 0 Å². The van der Waals surface area contributed by atoms with Gasteiger partial charge in [0, 0.05) is 54.9 Å². The third kappa shape index (κ3) is 6.88. The van der Waals surface area contributed by atoms with E-state index < -0.39 is 0 Å². The van der Waals surface area contributed by atoms with E-state index in [0.717, 1.165) is 77.9 Å². The molecule has 0 aliphatic carbocycles. The van der Waals surface area contributed by atoms with E-state index >= 15 is 0 Å². The summed E-state index contributed by atoms with van der Waals surface area (Å²) in [6.45, 7) is 10.3. The number of nitrogens with one attached hydrogen (secondary N) is 1. The Balaban J connectivity index is 1.44. The largest absolute Gasteiger partial charge is 0.490 e. The molecule has 32 heavy (non-hydrogen) atoms. The van der Waals surface area contributed by atoms with Crippen molar-refractivity contribution in [3.8, 4) is 11.5 Å². The van der Waals surface area contributed by atoms with Gasteiger partial charge < -0.3 is 19.7 Å². The highest BCUT2D eigenvalue weighted by Crippen LogP contribution is 2.29. The summed E-state index contributed by atoms with van der Waals surface area (Å²) in [5.41, 5.74) is 2.18. The minimum Gasteiger partial charge on any atom is -0.490 e. The molecule has 0 spiro atoms. The van der Waals surface area contributed by atoms with Crippen LogP contribution in [0.15, 0.2) is 36.4 Å². The summed E-state index contributed by atoms with van der Waals surface area (Å²) in [4.78, 5) is 4.59. The minimum absolute atomic E-state index is 0.612. The molecule has 1 saturated heterocycles. The molecule has 1 fully saturated rings. The van der Waals surface area contributed by atoms with Crippen molar-refractivity contribution >= 4 is 40.5 Å². The Bertz CT molecular complexity index is 885. The van der Waals surface area contributed by atoms with Crippen LogP contribution in [0.2, 0.25) is 10.0 Å². The maximum atomic E-state index is 6.32. The molecule has 0 amide bonds. The third-order valence-electron chi connectivity index (χ3n) is 5.40. The van der Waals surface area contributed by atoms with Crippen LogP contribution in [0.5, 0.6) is 11.5 Å². The number of hydrogen-bond donors (Lipinski definition) is 1. The Hall–Kier alpha value is -1.73. The zero-order valence-corrected chi connectivity index (χ0v) is 21.0. The Kier molecular flexibility index (Phi) is 9.72. The molecule has 0 saturated carbocycles. The van der Waals surface area contributed by atoms with Gasteiger partial charge in [-0.25, -0.2) is 0 Å². The topological polar surface area (TPSA) is 37.0 Å². The third-order valence-corrected chi connectivity index (χ3v) is 6.51. The average molecular weight is 497 g/mol. The molecule has 3 rings (SSSR count). The first kappa shape index (κ1) is 24.9. The molecule has 0 unspecified atom stereocenters. The van der Waals surface area contributed by atoms with Gasteiger partial charge in [-0.3, -0.25) is 4.90 Å². The maximum Gasteiger partial charge on any atom is 0.169 e. The van der Waals surface area contributed by atoms with Gasteiger partial charge in [-0.15, -0.1) is 0 Å². The summed E-state index contributed by atoms with van der Waals surface area (Å²) in [6, 6.07) is 11.8. The molecule has 2 aromatic rings. The predicted molar refractivity (Wildman–Crippen MR) is 136 cm³/mol. The molecule has 1 aliphatic heterocycles. The van der Waals surface area contributed by atoms with E-state index in [1.165, 1.54) is 5.56 Å². The molecule has 0 bridgehead atoms. The van der Waals surface area contributed by atoms with Crippen molar-refractivity contribution < 1.29 is 9.47 Å². The number of nitrogens with zero attached hydrogens (tertiary/aromatic N) is 2. The normalized spacial score (nSPS) is 14.3. The first-order valence-corrected chi connectivity index (χ1v) is 12.2. The van der Waals surface area contributed by atoms with Crippen molar-refractivity contribution in [2.24, 2.45) is 0 Å². The number of hydrogen-bond acceptors (Lipinski definition) is 4. The molecule has 174 valence electrons. The zero-order chi connectivity index (χ0) is 22.9. The summed E-state index contributed by atoms with van der Waals surface area (Å²) in [6.07, 6.45) is 0.859. The molecule has 0 atom stereocenters. The average Bonchev–Trinajstić information content (AvgIpc) is 2.79. The van der Waals surface area contributed by atoms with E-state index in [1.54, 1.807) is 0 Å². The van der Waals surface area contributed by atoms with Crippen LogP contribution in [-0.4, -0.2) is 60.8 Å². The molecule has 0 radical (unpaired) electrons. The summed E-state index contributed by atoms with van der Waals surface area (Å²) in [5, 5.41) is 5.64. The van der Waals surface area contributed by atoms with Gasteiger partial charge in [-0.1, -0.05) is 35.3 Å². The van der Waals surface area contributed by atoms with Crippen molar-refractivity contribution in [1.29, 1.82) is 0 Å². The van der Waals surface area contributed by atoms with Crippen molar-refractivity contribution in [3.05, 3.63) is 57.6 Å². The highest BCUT2D eigenvalue weighted by molar-refractivity contribution is 7.80. The van der Waals surface area contributed by atoms with Crippen LogP contribution in [-0.2, 0) is 13.0 Å².